The summed E-state index contributed by atoms with van der Waals surface area (Å²) in [4.78, 5) is 0.254. The minimum Gasteiger partial charge on any atom is -0.437 e. The zero-order valence-corrected chi connectivity index (χ0v) is 10.6. The van der Waals surface area contributed by atoms with Gasteiger partial charge >= 0.3 is 0 Å². The maximum absolute atomic E-state index is 5.90. The Labute approximate surface area is 109 Å². The number of aromatic nitrogens is 2. The average molecular weight is 268 g/mol. The van der Waals surface area contributed by atoms with Crippen molar-refractivity contribution in [2.45, 2.75) is 6.92 Å². The molecule has 0 saturated carbocycles. The highest BCUT2D eigenvalue weighted by atomic mass is 35.5. The van der Waals surface area contributed by atoms with Crippen LogP contribution in [0.4, 0.5) is 0 Å². The number of benzene rings is 1. The van der Waals surface area contributed by atoms with Crippen LogP contribution in [0.1, 0.15) is 11.3 Å². The number of H-pyrrole nitrogens is 1. The molecule has 2 aromatic rings. The molecule has 0 unspecified atom stereocenters. The van der Waals surface area contributed by atoms with Crippen LogP contribution in [0.25, 0.3) is 0 Å². The molecule has 0 aliphatic rings. The summed E-state index contributed by atoms with van der Waals surface area (Å²) < 4.78 is 5.58. The summed E-state index contributed by atoms with van der Waals surface area (Å²) in [5, 5.41) is 7.30. The minimum absolute atomic E-state index is 0.254. The number of halogens is 1. The maximum Gasteiger partial charge on any atom is 0.238 e. The molecule has 0 aliphatic heterocycles. The lowest BCUT2D eigenvalue weighted by Gasteiger charge is -2.08. The topological polar surface area (TPSA) is 63.9 Å². The molecule has 2 rings (SSSR count). The number of rotatable bonds is 3. The Morgan fingerprint density at radius 1 is 1.47 bits per heavy atom. The zero-order valence-electron chi connectivity index (χ0n) is 9.03. The first kappa shape index (κ1) is 11.9. The van der Waals surface area contributed by atoms with Crippen molar-refractivity contribution >= 4 is 28.8 Å². The third-order valence-electron chi connectivity index (χ3n) is 2.11. The first-order valence-corrected chi connectivity index (χ1v) is 5.64. The summed E-state index contributed by atoms with van der Waals surface area (Å²) >= 11 is 10.8. The lowest BCUT2D eigenvalue weighted by atomic mass is 10.2. The van der Waals surface area contributed by atoms with E-state index in [0.29, 0.717) is 22.2 Å². The molecule has 6 heteroatoms. The Bertz CT molecular complexity index is 568. The standard InChI is InChI=1S/C11H10ClN3OS/c1-6-4-10(15-14-6)16-9-5-7(12)2-3-8(9)11(13)17/h2-5H,1H3,(H2,13,17)(H,14,15). The summed E-state index contributed by atoms with van der Waals surface area (Å²) in [7, 11) is 0. The van der Waals surface area contributed by atoms with Crippen LogP contribution in [0, 0.1) is 6.92 Å². The van der Waals surface area contributed by atoms with Crippen molar-refractivity contribution in [3.63, 3.8) is 0 Å². The normalized spacial score (nSPS) is 10.2. The molecule has 0 spiro atoms. The van der Waals surface area contributed by atoms with Gasteiger partial charge in [-0.1, -0.05) is 23.8 Å². The fraction of sp³-hybridized carbons (Fsp3) is 0.0909. The van der Waals surface area contributed by atoms with Crippen LogP contribution in [0.15, 0.2) is 24.3 Å². The lowest BCUT2D eigenvalue weighted by molar-refractivity contribution is 0.461. The zero-order chi connectivity index (χ0) is 12.4. The predicted octanol–water partition coefficient (Wildman–Crippen LogP) is 2.80. The van der Waals surface area contributed by atoms with Crippen molar-refractivity contribution in [2.75, 3.05) is 0 Å². The van der Waals surface area contributed by atoms with Crippen molar-refractivity contribution in [2.24, 2.45) is 5.73 Å². The summed E-state index contributed by atoms with van der Waals surface area (Å²) in [5.74, 6) is 0.943. The summed E-state index contributed by atoms with van der Waals surface area (Å²) in [5.41, 5.74) is 7.14. The molecular formula is C11H10ClN3OS. The molecule has 0 saturated heterocycles. The molecule has 17 heavy (non-hydrogen) atoms. The number of aromatic amines is 1. The molecule has 0 radical (unpaired) electrons. The smallest absolute Gasteiger partial charge is 0.238 e. The van der Waals surface area contributed by atoms with Gasteiger partial charge in [-0.3, -0.25) is 5.10 Å². The van der Waals surface area contributed by atoms with Gasteiger partial charge in [0.05, 0.1) is 5.56 Å². The first-order chi connectivity index (χ1) is 8.06. The van der Waals surface area contributed by atoms with Crippen LogP contribution in [-0.2, 0) is 0 Å². The van der Waals surface area contributed by atoms with Gasteiger partial charge in [-0.2, -0.15) is 0 Å². The number of nitrogens with one attached hydrogen (secondary N) is 1. The van der Waals surface area contributed by atoms with Crippen molar-refractivity contribution in [1.29, 1.82) is 0 Å². The van der Waals surface area contributed by atoms with E-state index in [-0.39, 0.29) is 4.99 Å². The molecule has 88 valence electrons. The molecular weight excluding hydrogens is 258 g/mol. The monoisotopic (exact) mass is 267 g/mol. The van der Waals surface area contributed by atoms with Crippen LogP contribution >= 0.6 is 23.8 Å². The summed E-state index contributed by atoms with van der Waals surface area (Å²) in [6.45, 7) is 1.88. The molecule has 1 aromatic heterocycles. The van der Waals surface area contributed by atoms with Gasteiger partial charge < -0.3 is 10.5 Å². The number of ether oxygens (including phenoxy) is 1. The number of nitrogens with two attached hydrogens (primary N) is 1. The molecule has 0 atom stereocenters. The Hall–Kier alpha value is -1.59. The van der Waals surface area contributed by atoms with Crippen LogP contribution in [-0.4, -0.2) is 15.2 Å². The predicted molar refractivity (Wildman–Crippen MR) is 70.7 cm³/mol. The number of hydrogen-bond acceptors (Lipinski definition) is 3. The Morgan fingerprint density at radius 2 is 2.24 bits per heavy atom. The van der Waals surface area contributed by atoms with Crippen molar-refractivity contribution in [3.05, 3.63) is 40.5 Å². The van der Waals surface area contributed by atoms with Gasteiger partial charge in [-0.05, 0) is 19.1 Å². The molecule has 3 N–H and O–H groups in total. The van der Waals surface area contributed by atoms with Crippen LogP contribution in [0.3, 0.4) is 0 Å². The summed E-state index contributed by atoms with van der Waals surface area (Å²) in [6.07, 6.45) is 0. The van der Waals surface area contributed by atoms with Gasteiger partial charge in [-0.15, -0.1) is 5.10 Å². The highest BCUT2D eigenvalue weighted by Crippen LogP contribution is 2.27. The van der Waals surface area contributed by atoms with Crippen LogP contribution in [0.2, 0.25) is 5.02 Å². The number of hydrogen-bond donors (Lipinski definition) is 2. The van der Waals surface area contributed by atoms with E-state index >= 15 is 0 Å². The second kappa shape index (κ2) is 4.73. The van der Waals surface area contributed by atoms with E-state index in [0.717, 1.165) is 5.69 Å². The largest absolute Gasteiger partial charge is 0.437 e. The molecule has 0 amide bonds. The fourth-order valence-corrected chi connectivity index (χ4v) is 1.67. The number of aryl methyl sites for hydroxylation is 1. The molecule has 4 nitrogen and oxygen atoms in total. The number of thiocarbonyl (C=S) groups is 1. The molecule has 1 aromatic carbocycles. The van der Waals surface area contributed by atoms with Crippen LogP contribution in [0.5, 0.6) is 11.6 Å². The molecule has 0 bridgehead atoms. The molecule has 0 fully saturated rings. The van der Waals surface area contributed by atoms with Crippen molar-refractivity contribution in [3.8, 4) is 11.6 Å². The fourth-order valence-electron chi connectivity index (χ4n) is 1.34. The maximum atomic E-state index is 5.90. The highest BCUT2D eigenvalue weighted by molar-refractivity contribution is 7.80. The summed E-state index contributed by atoms with van der Waals surface area (Å²) in [6, 6.07) is 6.85. The number of nitrogens with zero attached hydrogens (tertiary/aromatic N) is 1. The van der Waals surface area contributed by atoms with E-state index in [2.05, 4.69) is 10.2 Å². The second-order valence-electron chi connectivity index (χ2n) is 3.50. The van der Waals surface area contributed by atoms with Gasteiger partial charge in [0, 0.05) is 22.8 Å². The molecule has 0 aliphatic carbocycles. The average Bonchev–Trinajstić information content (AvgIpc) is 2.63. The van der Waals surface area contributed by atoms with Gasteiger partial charge in [0.15, 0.2) is 0 Å². The van der Waals surface area contributed by atoms with Gasteiger partial charge in [0.25, 0.3) is 0 Å². The van der Waals surface area contributed by atoms with Gasteiger partial charge in [0.1, 0.15) is 10.7 Å². The minimum atomic E-state index is 0.254. The van der Waals surface area contributed by atoms with Gasteiger partial charge in [0.2, 0.25) is 5.88 Å². The van der Waals surface area contributed by atoms with E-state index in [1.165, 1.54) is 0 Å². The van der Waals surface area contributed by atoms with Crippen molar-refractivity contribution in [1.82, 2.24) is 10.2 Å². The molecule has 1 heterocycles. The van der Waals surface area contributed by atoms with E-state index in [1.54, 1.807) is 24.3 Å². The third kappa shape index (κ3) is 2.75. The van der Waals surface area contributed by atoms with E-state index < -0.39 is 0 Å². The lowest BCUT2D eigenvalue weighted by Crippen LogP contribution is -2.10. The SMILES string of the molecule is Cc1cc(Oc2cc(Cl)ccc2C(N)=S)n[nH]1. The van der Waals surface area contributed by atoms with Crippen LogP contribution < -0.4 is 10.5 Å². The second-order valence-corrected chi connectivity index (χ2v) is 4.37. The van der Waals surface area contributed by atoms with E-state index in [9.17, 15) is 0 Å². The van der Waals surface area contributed by atoms with Crippen molar-refractivity contribution < 1.29 is 4.74 Å². The van der Waals surface area contributed by atoms with E-state index in [4.69, 9.17) is 34.3 Å². The first-order valence-electron chi connectivity index (χ1n) is 4.85. The Kier molecular flexibility index (Phi) is 3.31. The Balaban J connectivity index is 2.37. The third-order valence-corrected chi connectivity index (χ3v) is 2.56. The van der Waals surface area contributed by atoms with E-state index in [1.807, 2.05) is 6.92 Å². The Morgan fingerprint density at radius 3 is 2.82 bits per heavy atom. The highest BCUT2D eigenvalue weighted by Gasteiger charge is 2.09. The quantitative estimate of drug-likeness (QED) is 0.840. The van der Waals surface area contributed by atoms with Gasteiger partial charge in [-0.25, -0.2) is 0 Å².